The summed E-state index contributed by atoms with van der Waals surface area (Å²) in [6.07, 6.45) is 1.31. The molecule has 0 unspecified atom stereocenters. The van der Waals surface area contributed by atoms with Gasteiger partial charge >= 0.3 is 0 Å². The molecule has 0 aliphatic rings. The SMILES string of the molecule is CS(=O)(=O)c1ccc(CC(=O)Nc2nc3ccc4ccccc4c3s2)cc1. The van der Waals surface area contributed by atoms with Crippen LogP contribution in [0.3, 0.4) is 0 Å². The third-order valence-corrected chi connectivity index (χ3v) is 6.39. The number of carbonyl (C=O) groups excluding carboxylic acids is 1. The molecule has 0 radical (unpaired) electrons. The summed E-state index contributed by atoms with van der Waals surface area (Å²) in [5.74, 6) is -0.189. The van der Waals surface area contributed by atoms with E-state index in [0.29, 0.717) is 5.13 Å². The van der Waals surface area contributed by atoms with Crippen molar-refractivity contribution in [3.8, 4) is 0 Å². The zero-order chi connectivity index (χ0) is 19.0. The van der Waals surface area contributed by atoms with Crippen LogP contribution in [0, 0.1) is 0 Å². The standard InChI is InChI=1S/C20H16N2O3S2/c1-27(24,25)15-9-6-13(7-10-15)12-18(23)22-20-21-17-11-8-14-4-2-3-5-16(14)19(17)26-20/h2-11H,12H2,1H3,(H,21,22,23). The molecule has 5 nitrogen and oxygen atoms in total. The largest absolute Gasteiger partial charge is 0.302 e. The van der Waals surface area contributed by atoms with E-state index in [9.17, 15) is 13.2 Å². The van der Waals surface area contributed by atoms with Crippen molar-refractivity contribution < 1.29 is 13.2 Å². The van der Waals surface area contributed by atoms with Gasteiger partial charge in [-0.1, -0.05) is 53.8 Å². The van der Waals surface area contributed by atoms with Gasteiger partial charge in [-0.15, -0.1) is 0 Å². The quantitative estimate of drug-likeness (QED) is 0.565. The molecule has 27 heavy (non-hydrogen) atoms. The van der Waals surface area contributed by atoms with Crippen molar-refractivity contribution in [1.82, 2.24) is 4.98 Å². The van der Waals surface area contributed by atoms with E-state index in [0.717, 1.165) is 32.8 Å². The first-order valence-corrected chi connectivity index (χ1v) is 11.0. The van der Waals surface area contributed by atoms with Crippen molar-refractivity contribution in [2.75, 3.05) is 11.6 Å². The molecule has 1 amide bonds. The number of hydrogen-bond acceptors (Lipinski definition) is 5. The zero-order valence-corrected chi connectivity index (χ0v) is 16.1. The number of benzene rings is 3. The third-order valence-electron chi connectivity index (χ3n) is 4.24. The van der Waals surface area contributed by atoms with Gasteiger partial charge in [0.05, 0.1) is 21.5 Å². The molecule has 1 N–H and O–H groups in total. The average Bonchev–Trinajstić information content (AvgIpc) is 3.04. The lowest BCUT2D eigenvalue weighted by Crippen LogP contribution is -2.14. The van der Waals surface area contributed by atoms with E-state index in [1.54, 1.807) is 12.1 Å². The fraction of sp³-hybridized carbons (Fsp3) is 0.100. The van der Waals surface area contributed by atoms with Crippen LogP contribution in [0.25, 0.3) is 21.0 Å². The van der Waals surface area contributed by atoms with Crippen LogP contribution < -0.4 is 5.32 Å². The minimum absolute atomic E-state index is 0.153. The van der Waals surface area contributed by atoms with E-state index < -0.39 is 9.84 Å². The number of aromatic nitrogens is 1. The maximum atomic E-state index is 12.3. The second-order valence-corrected chi connectivity index (χ2v) is 9.31. The molecule has 0 aliphatic carbocycles. The van der Waals surface area contributed by atoms with Crippen LogP contribution in [0.15, 0.2) is 65.6 Å². The first kappa shape index (κ1) is 17.6. The van der Waals surface area contributed by atoms with Crippen LogP contribution in [0.4, 0.5) is 5.13 Å². The Morgan fingerprint density at radius 2 is 1.78 bits per heavy atom. The van der Waals surface area contributed by atoms with Crippen molar-refractivity contribution in [3.63, 3.8) is 0 Å². The molecule has 136 valence electrons. The average molecular weight is 396 g/mol. The van der Waals surface area contributed by atoms with Gasteiger partial charge in [0.1, 0.15) is 0 Å². The van der Waals surface area contributed by atoms with Gasteiger partial charge in [0, 0.05) is 11.6 Å². The highest BCUT2D eigenvalue weighted by atomic mass is 32.2. The van der Waals surface area contributed by atoms with Gasteiger partial charge in [0.2, 0.25) is 5.91 Å². The second-order valence-electron chi connectivity index (χ2n) is 6.30. The Labute approximate surface area is 160 Å². The van der Waals surface area contributed by atoms with Crippen molar-refractivity contribution >= 4 is 53.2 Å². The van der Waals surface area contributed by atoms with Gasteiger partial charge in [-0.2, -0.15) is 0 Å². The monoisotopic (exact) mass is 396 g/mol. The fourth-order valence-corrected chi connectivity index (χ4v) is 4.56. The zero-order valence-electron chi connectivity index (χ0n) is 14.5. The highest BCUT2D eigenvalue weighted by Crippen LogP contribution is 2.32. The van der Waals surface area contributed by atoms with E-state index in [1.165, 1.54) is 23.5 Å². The normalized spacial score (nSPS) is 11.7. The van der Waals surface area contributed by atoms with Crippen LogP contribution in [0.5, 0.6) is 0 Å². The van der Waals surface area contributed by atoms with E-state index in [2.05, 4.69) is 10.3 Å². The molecule has 1 aromatic heterocycles. The van der Waals surface area contributed by atoms with Crippen molar-refractivity contribution in [3.05, 3.63) is 66.2 Å². The lowest BCUT2D eigenvalue weighted by Gasteiger charge is -2.03. The van der Waals surface area contributed by atoms with E-state index in [1.807, 2.05) is 36.4 Å². The number of nitrogens with zero attached hydrogens (tertiary/aromatic N) is 1. The first-order chi connectivity index (χ1) is 12.9. The lowest BCUT2D eigenvalue weighted by atomic mass is 10.1. The molecule has 0 spiro atoms. The van der Waals surface area contributed by atoms with Crippen LogP contribution in [-0.2, 0) is 21.1 Å². The number of amides is 1. The molecule has 3 aromatic carbocycles. The number of fused-ring (bicyclic) bond motifs is 3. The van der Waals surface area contributed by atoms with E-state index in [4.69, 9.17) is 0 Å². The Morgan fingerprint density at radius 3 is 2.52 bits per heavy atom. The molecule has 7 heteroatoms. The molecule has 0 saturated heterocycles. The molecule has 1 heterocycles. The Bertz CT molecular complexity index is 1260. The number of nitrogens with one attached hydrogen (secondary N) is 1. The summed E-state index contributed by atoms with van der Waals surface area (Å²) in [6, 6.07) is 18.4. The topological polar surface area (TPSA) is 76.1 Å². The van der Waals surface area contributed by atoms with Crippen LogP contribution in [-0.4, -0.2) is 25.6 Å². The minimum atomic E-state index is -3.24. The van der Waals surface area contributed by atoms with E-state index in [-0.39, 0.29) is 17.2 Å². The van der Waals surface area contributed by atoms with Crippen LogP contribution in [0.2, 0.25) is 0 Å². The smallest absolute Gasteiger partial charge is 0.230 e. The molecule has 0 atom stereocenters. The van der Waals surface area contributed by atoms with Crippen LogP contribution >= 0.6 is 11.3 Å². The second kappa shape index (κ2) is 6.75. The third kappa shape index (κ3) is 3.70. The maximum absolute atomic E-state index is 12.3. The molecule has 4 aromatic rings. The van der Waals surface area contributed by atoms with Gasteiger partial charge < -0.3 is 5.32 Å². The van der Waals surface area contributed by atoms with Gasteiger partial charge in [-0.3, -0.25) is 4.79 Å². The first-order valence-electron chi connectivity index (χ1n) is 8.27. The predicted molar refractivity (Wildman–Crippen MR) is 109 cm³/mol. The van der Waals surface area contributed by atoms with Gasteiger partial charge in [-0.05, 0) is 29.1 Å². The molecule has 0 fully saturated rings. The van der Waals surface area contributed by atoms with Crippen molar-refractivity contribution in [2.24, 2.45) is 0 Å². The number of anilines is 1. The number of rotatable bonds is 4. The minimum Gasteiger partial charge on any atom is -0.302 e. The summed E-state index contributed by atoms with van der Waals surface area (Å²) in [5.41, 5.74) is 1.60. The number of sulfone groups is 1. The van der Waals surface area contributed by atoms with Gasteiger partial charge in [-0.25, -0.2) is 13.4 Å². The van der Waals surface area contributed by atoms with Gasteiger partial charge in [0.15, 0.2) is 15.0 Å². The predicted octanol–water partition coefficient (Wildman–Crippen LogP) is 4.03. The maximum Gasteiger partial charge on any atom is 0.230 e. The summed E-state index contributed by atoms with van der Waals surface area (Å²) in [7, 11) is -3.24. The van der Waals surface area contributed by atoms with Crippen molar-refractivity contribution in [2.45, 2.75) is 11.3 Å². The number of thiazole rings is 1. The fourth-order valence-electron chi connectivity index (χ4n) is 2.91. The van der Waals surface area contributed by atoms with Crippen molar-refractivity contribution in [1.29, 1.82) is 0 Å². The number of carbonyl (C=O) groups is 1. The Kier molecular flexibility index (Phi) is 4.41. The summed E-state index contributed by atoms with van der Waals surface area (Å²) in [4.78, 5) is 17.1. The Balaban J connectivity index is 1.53. The summed E-state index contributed by atoms with van der Waals surface area (Å²) < 4.78 is 24.0. The molecular weight excluding hydrogens is 380 g/mol. The Morgan fingerprint density at radius 1 is 1.04 bits per heavy atom. The summed E-state index contributed by atoms with van der Waals surface area (Å²) >= 11 is 1.45. The lowest BCUT2D eigenvalue weighted by molar-refractivity contribution is -0.115. The molecular formula is C20H16N2O3S2. The molecule has 0 bridgehead atoms. The molecule has 0 saturated carbocycles. The van der Waals surface area contributed by atoms with E-state index >= 15 is 0 Å². The summed E-state index contributed by atoms with van der Waals surface area (Å²) in [6.45, 7) is 0. The summed E-state index contributed by atoms with van der Waals surface area (Å²) in [5, 5.41) is 5.65. The highest BCUT2D eigenvalue weighted by molar-refractivity contribution is 7.90. The van der Waals surface area contributed by atoms with Gasteiger partial charge in [0.25, 0.3) is 0 Å². The molecule has 0 aliphatic heterocycles. The Hall–Kier alpha value is -2.77. The molecule has 4 rings (SSSR count). The number of hydrogen-bond donors (Lipinski definition) is 1. The highest BCUT2D eigenvalue weighted by Gasteiger charge is 2.12. The van der Waals surface area contributed by atoms with Crippen LogP contribution in [0.1, 0.15) is 5.56 Å².